The summed E-state index contributed by atoms with van der Waals surface area (Å²) in [5.74, 6) is -0.571. The Morgan fingerprint density at radius 1 is 0.920 bits per heavy atom. The van der Waals surface area contributed by atoms with Crippen LogP contribution in [0, 0.1) is 0 Å². The van der Waals surface area contributed by atoms with E-state index in [1.54, 1.807) is 25.3 Å². The van der Waals surface area contributed by atoms with Crippen LogP contribution in [-0.2, 0) is 31.9 Å². The highest BCUT2D eigenvalue weighted by Gasteiger charge is 2.51. The van der Waals surface area contributed by atoms with Crippen LogP contribution in [0.1, 0.15) is 40.7 Å². The molecule has 266 valence electrons. The number of carboxylic acid groups (broad SMARTS) is 1. The average Bonchev–Trinajstić information content (AvgIpc) is 3.48. The van der Waals surface area contributed by atoms with Crippen LogP contribution in [0.5, 0.6) is 28.7 Å². The number of rotatable bonds is 8. The summed E-state index contributed by atoms with van der Waals surface area (Å²) in [7, 11) is 1.58. The first-order valence-electron chi connectivity index (χ1n) is 16.2. The molecule has 7 heterocycles. The van der Waals surface area contributed by atoms with E-state index in [1.165, 1.54) is 0 Å². The van der Waals surface area contributed by atoms with Crippen molar-refractivity contribution >= 4 is 11.9 Å². The van der Waals surface area contributed by atoms with Crippen LogP contribution in [0.2, 0.25) is 0 Å². The lowest BCUT2D eigenvalue weighted by Crippen LogP contribution is -2.66. The molecule has 0 unspecified atom stereocenters. The van der Waals surface area contributed by atoms with E-state index in [0.717, 1.165) is 22.3 Å². The van der Waals surface area contributed by atoms with Crippen molar-refractivity contribution in [2.45, 2.75) is 80.4 Å². The number of hydrogen-bond acceptors (Lipinski definition) is 14. The summed E-state index contributed by atoms with van der Waals surface area (Å²) in [6.45, 7) is 0.463. The normalized spacial score (nSPS) is 28.4. The fraction of sp³-hybridized carbons (Fsp3) is 0.429. The van der Waals surface area contributed by atoms with Gasteiger partial charge < -0.3 is 65.1 Å². The summed E-state index contributed by atoms with van der Waals surface area (Å²) >= 11 is 0. The van der Waals surface area contributed by atoms with Gasteiger partial charge >= 0.3 is 11.9 Å². The fourth-order valence-electron chi connectivity index (χ4n) is 7.01. The van der Waals surface area contributed by atoms with Crippen LogP contribution < -0.4 is 35.2 Å². The van der Waals surface area contributed by atoms with Crippen molar-refractivity contribution < 1.29 is 63.2 Å². The Labute approximate surface area is 286 Å². The van der Waals surface area contributed by atoms with Gasteiger partial charge in [-0.3, -0.25) is 9.59 Å². The number of hydrogen-bond donors (Lipinski definition) is 6. The number of esters is 1. The molecular weight excluding hydrogens is 656 g/mol. The number of fused-ring (bicyclic) bond motifs is 2. The first kappa shape index (κ1) is 33.8. The SMILES string of the molecule is COc1c2ccc3c1O[C@@H]1c4ccc(O[C@H]5O[C@H]([C@H](OC(=O)CC(=O)O)C(N)N)[C@@H](O)[C@H](O)[C@H]5O)cc4O[C@@H](Cc4ccc(cc4)CCO2)[C@@H]31. The van der Waals surface area contributed by atoms with Crippen molar-refractivity contribution in [1.82, 2.24) is 0 Å². The van der Waals surface area contributed by atoms with Crippen molar-refractivity contribution in [2.75, 3.05) is 13.7 Å². The number of carboxylic acids is 1. The molecule has 0 aromatic heterocycles. The summed E-state index contributed by atoms with van der Waals surface area (Å²) < 4.78 is 42.1. The molecule has 6 bridgehead atoms. The van der Waals surface area contributed by atoms with Crippen LogP contribution in [0.3, 0.4) is 0 Å². The molecule has 0 radical (unpaired) electrons. The van der Waals surface area contributed by atoms with Crippen LogP contribution >= 0.6 is 0 Å². The quantitative estimate of drug-likeness (QED) is 0.108. The van der Waals surface area contributed by atoms with Crippen LogP contribution in [0.15, 0.2) is 54.6 Å². The van der Waals surface area contributed by atoms with Crippen molar-refractivity contribution in [3.05, 3.63) is 76.9 Å². The molecule has 0 spiro atoms. The number of methoxy groups -OCH3 is 1. The van der Waals surface area contributed by atoms with Gasteiger partial charge in [-0.1, -0.05) is 30.3 Å². The highest BCUT2D eigenvalue weighted by atomic mass is 16.7. The maximum absolute atomic E-state index is 12.1. The monoisotopic (exact) mass is 694 g/mol. The topological polar surface area (TPSA) is 232 Å². The van der Waals surface area contributed by atoms with E-state index in [4.69, 9.17) is 49.7 Å². The standard InChI is InChI=1S/C35H38N2O13/c1-44-31-20-9-8-19-25-22(12-16-4-2-15(3-5-16)10-11-45-20)47-21-13-17(6-7-18(21)29(25)49-30(19)31)46-35-28(43)26(41)27(42)32(50-35)33(34(36)37)48-24(40)14-23(38)39/h2-9,13,22,25-29,32-35,41-43H,10-12,14,36-37H2,1H3,(H,38,39)/t22-,25+,26-,27-,28+,29+,32-,33-,35-/m0/s1. The first-order chi connectivity index (χ1) is 24.0. The summed E-state index contributed by atoms with van der Waals surface area (Å²) in [6.07, 6.45) is -12.2. The largest absolute Gasteiger partial charge is 0.490 e. The van der Waals surface area contributed by atoms with E-state index in [2.05, 4.69) is 24.3 Å². The van der Waals surface area contributed by atoms with E-state index in [-0.39, 0.29) is 17.8 Å². The summed E-state index contributed by atoms with van der Waals surface area (Å²) in [6, 6.07) is 17.2. The van der Waals surface area contributed by atoms with Gasteiger partial charge in [0.25, 0.3) is 0 Å². The van der Waals surface area contributed by atoms with Gasteiger partial charge in [0.05, 0.1) is 25.8 Å². The molecule has 1 fully saturated rings. The van der Waals surface area contributed by atoms with Gasteiger partial charge in [-0.25, -0.2) is 0 Å². The molecular formula is C35H38N2O13. The molecule has 0 amide bonds. The zero-order chi connectivity index (χ0) is 35.3. The van der Waals surface area contributed by atoms with E-state index in [1.807, 2.05) is 12.1 Å². The number of nitrogens with two attached hydrogens (primary N) is 2. The van der Waals surface area contributed by atoms with Gasteiger partial charge in [-0.15, -0.1) is 0 Å². The van der Waals surface area contributed by atoms with Crippen LogP contribution in [-0.4, -0.2) is 95.2 Å². The lowest BCUT2D eigenvalue weighted by molar-refractivity contribution is -0.291. The van der Waals surface area contributed by atoms with Gasteiger partial charge in [0.15, 0.2) is 17.6 Å². The lowest BCUT2D eigenvalue weighted by Gasteiger charge is -2.43. The van der Waals surface area contributed by atoms with Gasteiger partial charge in [-0.2, -0.15) is 0 Å². The number of carbonyl (C=O) groups excluding carboxylic acids is 1. The van der Waals surface area contributed by atoms with Crippen molar-refractivity contribution in [3.8, 4) is 28.7 Å². The number of aliphatic carboxylic acids is 1. The Kier molecular flexibility index (Phi) is 9.19. The second-order valence-corrected chi connectivity index (χ2v) is 12.7. The minimum absolute atomic E-state index is 0.169. The third-order valence-corrected chi connectivity index (χ3v) is 9.44. The van der Waals surface area contributed by atoms with Crippen molar-refractivity contribution in [1.29, 1.82) is 0 Å². The van der Waals surface area contributed by atoms with E-state index < -0.39 is 67.4 Å². The summed E-state index contributed by atoms with van der Waals surface area (Å²) in [5.41, 5.74) is 15.4. The van der Waals surface area contributed by atoms with Crippen molar-refractivity contribution in [2.24, 2.45) is 11.5 Å². The van der Waals surface area contributed by atoms with E-state index >= 15 is 0 Å². The third kappa shape index (κ3) is 6.27. The Balaban J connectivity index is 1.18. The number of carbonyl (C=O) groups is 2. The Bertz CT molecular complexity index is 1750. The molecule has 15 nitrogen and oxygen atoms in total. The predicted octanol–water partition coefficient (Wildman–Crippen LogP) is 0.668. The summed E-state index contributed by atoms with van der Waals surface area (Å²) in [5, 5.41) is 41.2. The maximum atomic E-state index is 12.1. The molecule has 10 rings (SSSR count). The molecule has 50 heavy (non-hydrogen) atoms. The van der Waals surface area contributed by atoms with E-state index in [0.29, 0.717) is 42.4 Å². The minimum Gasteiger partial charge on any atom is -0.490 e. The fourth-order valence-corrected chi connectivity index (χ4v) is 7.01. The molecule has 7 aliphatic rings. The molecule has 8 N–H and O–H groups in total. The molecule has 3 aromatic rings. The number of aliphatic hydroxyl groups is 3. The van der Waals surface area contributed by atoms with Crippen LogP contribution in [0.4, 0.5) is 0 Å². The molecule has 1 saturated heterocycles. The number of ether oxygens (including phenoxy) is 7. The zero-order valence-electron chi connectivity index (χ0n) is 26.9. The minimum atomic E-state index is -1.84. The molecule has 0 saturated carbocycles. The zero-order valence-corrected chi connectivity index (χ0v) is 26.9. The van der Waals surface area contributed by atoms with Crippen molar-refractivity contribution in [3.63, 3.8) is 0 Å². The highest BCUT2D eigenvalue weighted by Crippen LogP contribution is 2.58. The lowest BCUT2D eigenvalue weighted by atomic mass is 9.81. The van der Waals surface area contributed by atoms with Gasteiger partial charge in [-0.05, 0) is 29.3 Å². The number of aliphatic hydroxyl groups excluding tert-OH is 3. The molecule has 7 aliphatic heterocycles. The summed E-state index contributed by atoms with van der Waals surface area (Å²) in [4.78, 5) is 23.1. The Morgan fingerprint density at radius 3 is 2.38 bits per heavy atom. The number of benzene rings is 3. The molecule has 0 aliphatic carbocycles. The highest BCUT2D eigenvalue weighted by molar-refractivity contribution is 5.90. The van der Waals surface area contributed by atoms with Gasteiger partial charge in [0, 0.05) is 30.0 Å². The predicted molar refractivity (Wildman–Crippen MR) is 171 cm³/mol. The van der Waals surface area contributed by atoms with Crippen LogP contribution in [0.25, 0.3) is 0 Å². The average molecular weight is 695 g/mol. The van der Waals surface area contributed by atoms with Gasteiger partial charge in [0.2, 0.25) is 12.0 Å². The molecule has 3 aromatic carbocycles. The van der Waals surface area contributed by atoms with Gasteiger partial charge in [0.1, 0.15) is 54.5 Å². The van der Waals surface area contributed by atoms with E-state index in [9.17, 15) is 24.9 Å². The first-order valence-corrected chi connectivity index (χ1v) is 16.2. The molecule has 9 atom stereocenters. The molecule has 15 heteroatoms. The second kappa shape index (κ2) is 13.6. The second-order valence-electron chi connectivity index (χ2n) is 12.7. The third-order valence-electron chi connectivity index (χ3n) is 9.44. The maximum Gasteiger partial charge on any atom is 0.317 e. The Hall–Kier alpha value is -4.64. The smallest absolute Gasteiger partial charge is 0.317 e. The Morgan fingerprint density at radius 2 is 1.66 bits per heavy atom.